The van der Waals surface area contributed by atoms with Crippen molar-refractivity contribution < 1.29 is 4.79 Å². The van der Waals surface area contributed by atoms with Crippen molar-refractivity contribution in [2.45, 2.75) is 26.8 Å². The molecule has 0 aromatic carbocycles. The maximum absolute atomic E-state index is 12.0. The smallest absolute Gasteiger partial charge is 0.168 e. The zero-order valence-corrected chi connectivity index (χ0v) is 10.1. The number of aromatic nitrogens is 3. The minimum atomic E-state index is 0.0804. The van der Waals surface area contributed by atoms with E-state index < -0.39 is 0 Å². The van der Waals surface area contributed by atoms with Crippen molar-refractivity contribution in [3.63, 3.8) is 0 Å². The molecule has 0 bridgehead atoms. The zero-order chi connectivity index (χ0) is 12.3. The van der Waals surface area contributed by atoms with Gasteiger partial charge in [0, 0.05) is 37.1 Å². The average molecular weight is 229 g/mol. The molecule has 4 heteroatoms. The van der Waals surface area contributed by atoms with Crippen LogP contribution < -0.4 is 0 Å². The van der Waals surface area contributed by atoms with E-state index in [1.165, 1.54) is 0 Å². The predicted octanol–water partition coefficient (Wildman–Crippen LogP) is 2.03. The molecule has 2 aromatic heterocycles. The van der Waals surface area contributed by atoms with Crippen molar-refractivity contribution in [3.8, 4) is 0 Å². The minimum absolute atomic E-state index is 0.0804. The lowest BCUT2D eigenvalue weighted by Gasteiger charge is -1.99. The molecule has 0 fully saturated rings. The first-order valence-corrected chi connectivity index (χ1v) is 5.65. The summed E-state index contributed by atoms with van der Waals surface area (Å²) in [7, 11) is 0. The van der Waals surface area contributed by atoms with Gasteiger partial charge < -0.3 is 0 Å². The highest BCUT2D eigenvalue weighted by atomic mass is 16.1. The van der Waals surface area contributed by atoms with Gasteiger partial charge in [-0.1, -0.05) is 0 Å². The predicted molar refractivity (Wildman–Crippen MR) is 64.9 cm³/mol. The summed E-state index contributed by atoms with van der Waals surface area (Å²) < 4.78 is 1.82. The highest BCUT2D eigenvalue weighted by Gasteiger charge is 2.09. The Bertz CT molecular complexity index is 531. The molecule has 0 amide bonds. The standard InChI is InChI=1S/C13H15N3O/c1-3-16-9-11(7-15-16)5-13(17)12-4-10(2)6-14-8-12/h4,6-9H,3,5H2,1-2H3. The Morgan fingerprint density at radius 1 is 1.35 bits per heavy atom. The van der Waals surface area contributed by atoms with E-state index in [1.54, 1.807) is 18.6 Å². The summed E-state index contributed by atoms with van der Waals surface area (Å²) in [6, 6.07) is 1.86. The van der Waals surface area contributed by atoms with Gasteiger partial charge in [-0.25, -0.2) is 0 Å². The van der Waals surface area contributed by atoms with Crippen molar-refractivity contribution in [2.75, 3.05) is 0 Å². The van der Waals surface area contributed by atoms with E-state index in [-0.39, 0.29) is 5.78 Å². The van der Waals surface area contributed by atoms with Crippen LogP contribution in [0, 0.1) is 6.92 Å². The van der Waals surface area contributed by atoms with Crippen molar-refractivity contribution >= 4 is 5.78 Å². The van der Waals surface area contributed by atoms with Gasteiger partial charge >= 0.3 is 0 Å². The lowest BCUT2D eigenvalue weighted by molar-refractivity contribution is 0.0992. The first-order chi connectivity index (χ1) is 8.19. The lowest BCUT2D eigenvalue weighted by Crippen LogP contribution is -2.04. The number of nitrogens with zero attached hydrogens (tertiary/aromatic N) is 3. The Kier molecular flexibility index (Phi) is 3.32. The van der Waals surface area contributed by atoms with Crippen LogP contribution in [0.3, 0.4) is 0 Å². The SMILES string of the molecule is CCn1cc(CC(=O)c2cncc(C)c2)cn1. The fourth-order valence-electron chi connectivity index (χ4n) is 1.67. The van der Waals surface area contributed by atoms with Crippen LogP contribution in [0.1, 0.15) is 28.4 Å². The molecule has 0 aliphatic rings. The molecule has 4 nitrogen and oxygen atoms in total. The van der Waals surface area contributed by atoms with Crippen LogP contribution in [0.25, 0.3) is 0 Å². The quantitative estimate of drug-likeness (QED) is 0.754. The number of rotatable bonds is 4. The summed E-state index contributed by atoms with van der Waals surface area (Å²) in [5.74, 6) is 0.0804. The summed E-state index contributed by atoms with van der Waals surface area (Å²) in [6.07, 6.45) is 7.38. The van der Waals surface area contributed by atoms with Gasteiger partial charge in [0.05, 0.1) is 6.20 Å². The van der Waals surface area contributed by atoms with Crippen LogP contribution in [-0.4, -0.2) is 20.5 Å². The summed E-state index contributed by atoms with van der Waals surface area (Å²) >= 11 is 0. The van der Waals surface area contributed by atoms with Gasteiger partial charge in [0.15, 0.2) is 5.78 Å². The second-order valence-electron chi connectivity index (χ2n) is 4.06. The fraction of sp³-hybridized carbons (Fsp3) is 0.308. The van der Waals surface area contributed by atoms with E-state index in [2.05, 4.69) is 10.1 Å². The highest BCUT2D eigenvalue weighted by molar-refractivity contribution is 5.97. The molecule has 2 heterocycles. The Balaban J connectivity index is 2.11. The van der Waals surface area contributed by atoms with Gasteiger partial charge in [0.1, 0.15) is 0 Å². The van der Waals surface area contributed by atoms with Gasteiger partial charge in [-0.05, 0) is 31.0 Å². The fourth-order valence-corrected chi connectivity index (χ4v) is 1.67. The van der Waals surface area contributed by atoms with Gasteiger partial charge in [-0.2, -0.15) is 5.10 Å². The number of hydrogen-bond donors (Lipinski definition) is 0. The third kappa shape index (κ3) is 2.78. The molecule has 2 rings (SSSR count). The van der Waals surface area contributed by atoms with Gasteiger partial charge in [-0.3, -0.25) is 14.5 Å². The summed E-state index contributed by atoms with van der Waals surface area (Å²) in [6.45, 7) is 4.77. The molecule has 0 spiro atoms. The molecule has 0 saturated carbocycles. The lowest BCUT2D eigenvalue weighted by atomic mass is 10.1. The van der Waals surface area contributed by atoms with E-state index in [4.69, 9.17) is 0 Å². The zero-order valence-electron chi connectivity index (χ0n) is 10.1. The van der Waals surface area contributed by atoms with Crippen molar-refractivity contribution in [1.82, 2.24) is 14.8 Å². The number of hydrogen-bond acceptors (Lipinski definition) is 3. The summed E-state index contributed by atoms with van der Waals surface area (Å²) in [4.78, 5) is 16.0. The normalized spacial score (nSPS) is 10.5. The Hall–Kier alpha value is -1.97. The molecule has 0 unspecified atom stereocenters. The number of carbonyl (C=O) groups is 1. The number of ketones is 1. The molecule has 0 N–H and O–H groups in total. The van der Waals surface area contributed by atoms with Crippen LogP contribution in [0.4, 0.5) is 0 Å². The van der Waals surface area contributed by atoms with Crippen LogP contribution >= 0.6 is 0 Å². The summed E-state index contributed by atoms with van der Waals surface area (Å²) in [5, 5.41) is 4.15. The molecular formula is C13H15N3O. The molecule has 88 valence electrons. The van der Waals surface area contributed by atoms with Crippen molar-refractivity contribution in [1.29, 1.82) is 0 Å². The first-order valence-electron chi connectivity index (χ1n) is 5.65. The van der Waals surface area contributed by atoms with Crippen LogP contribution in [0.2, 0.25) is 0 Å². The van der Waals surface area contributed by atoms with Crippen molar-refractivity contribution in [3.05, 3.63) is 47.5 Å². The minimum Gasteiger partial charge on any atom is -0.294 e. The molecule has 0 aliphatic carbocycles. The largest absolute Gasteiger partial charge is 0.294 e. The highest BCUT2D eigenvalue weighted by Crippen LogP contribution is 2.07. The third-order valence-corrected chi connectivity index (χ3v) is 2.57. The Labute approximate surface area is 100 Å². The number of aryl methyl sites for hydroxylation is 2. The van der Waals surface area contributed by atoms with Crippen LogP contribution in [-0.2, 0) is 13.0 Å². The van der Waals surface area contributed by atoms with Gasteiger partial charge in [0.2, 0.25) is 0 Å². The first kappa shape index (κ1) is 11.5. The molecule has 0 aliphatic heterocycles. The van der Waals surface area contributed by atoms with E-state index in [0.29, 0.717) is 12.0 Å². The van der Waals surface area contributed by atoms with E-state index >= 15 is 0 Å². The van der Waals surface area contributed by atoms with E-state index in [1.807, 2.05) is 30.8 Å². The molecule has 0 atom stereocenters. The number of pyridine rings is 1. The Morgan fingerprint density at radius 3 is 2.82 bits per heavy atom. The molecule has 0 saturated heterocycles. The maximum atomic E-state index is 12.0. The van der Waals surface area contributed by atoms with Gasteiger partial charge in [0.25, 0.3) is 0 Å². The average Bonchev–Trinajstić information content (AvgIpc) is 2.77. The van der Waals surface area contributed by atoms with Crippen LogP contribution in [0.5, 0.6) is 0 Å². The third-order valence-electron chi connectivity index (χ3n) is 2.57. The van der Waals surface area contributed by atoms with Crippen LogP contribution in [0.15, 0.2) is 30.9 Å². The van der Waals surface area contributed by atoms with Crippen molar-refractivity contribution in [2.24, 2.45) is 0 Å². The van der Waals surface area contributed by atoms with E-state index in [0.717, 1.165) is 17.7 Å². The molecule has 0 radical (unpaired) electrons. The monoisotopic (exact) mass is 229 g/mol. The van der Waals surface area contributed by atoms with E-state index in [9.17, 15) is 4.79 Å². The number of Topliss-reactive ketones (excluding diaryl/α,β-unsaturated/α-hetero) is 1. The second-order valence-corrected chi connectivity index (χ2v) is 4.06. The molecule has 2 aromatic rings. The van der Waals surface area contributed by atoms with Gasteiger partial charge in [-0.15, -0.1) is 0 Å². The summed E-state index contributed by atoms with van der Waals surface area (Å²) in [5.41, 5.74) is 2.60. The molecule has 17 heavy (non-hydrogen) atoms. The molecular weight excluding hydrogens is 214 g/mol. The maximum Gasteiger partial charge on any atom is 0.168 e. The second kappa shape index (κ2) is 4.91. The topological polar surface area (TPSA) is 47.8 Å². The number of carbonyl (C=O) groups excluding carboxylic acids is 1. The Morgan fingerprint density at radius 2 is 2.18 bits per heavy atom.